The van der Waals surface area contributed by atoms with E-state index in [0.717, 1.165) is 71.8 Å². The molecule has 0 aromatic rings. The summed E-state index contributed by atoms with van der Waals surface area (Å²) in [6.45, 7) is 8.99. The number of ether oxygens (including phenoxy) is 2. The summed E-state index contributed by atoms with van der Waals surface area (Å²) in [5.74, 6) is 0. The van der Waals surface area contributed by atoms with E-state index in [9.17, 15) is 5.11 Å². The highest BCUT2D eigenvalue weighted by atomic mass is 16.5. The second-order valence-electron chi connectivity index (χ2n) is 6.84. The third-order valence-electron chi connectivity index (χ3n) is 5.05. The van der Waals surface area contributed by atoms with Gasteiger partial charge in [0.15, 0.2) is 0 Å². The van der Waals surface area contributed by atoms with Crippen LogP contribution in [-0.4, -0.2) is 78.8 Å². The number of hydrogen-bond acceptors (Lipinski definition) is 5. The quantitative estimate of drug-likeness (QED) is 0.822. The van der Waals surface area contributed by atoms with Crippen LogP contribution in [0.5, 0.6) is 0 Å². The third-order valence-corrected chi connectivity index (χ3v) is 5.05. The van der Waals surface area contributed by atoms with Crippen molar-refractivity contribution in [1.29, 1.82) is 0 Å². The number of hydrogen-bond donors (Lipinski definition) is 1. The van der Waals surface area contributed by atoms with Gasteiger partial charge in [0, 0.05) is 26.2 Å². The second-order valence-corrected chi connectivity index (χ2v) is 6.84. The first-order valence-corrected chi connectivity index (χ1v) is 8.00. The van der Waals surface area contributed by atoms with Gasteiger partial charge in [0.1, 0.15) is 0 Å². The molecule has 0 bridgehead atoms. The molecule has 1 saturated carbocycles. The minimum atomic E-state index is -0.462. The Morgan fingerprint density at radius 1 is 1.15 bits per heavy atom. The van der Waals surface area contributed by atoms with E-state index >= 15 is 0 Å². The molecule has 5 heteroatoms. The van der Waals surface area contributed by atoms with Crippen molar-refractivity contribution >= 4 is 0 Å². The van der Waals surface area contributed by atoms with E-state index < -0.39 is 5.60 Å². The predicted molar refractivity (Wildman–Crippen MR) is 76.6 cm³/mol. The molecule has 3 fully saturated rings. The molecule has 0 radical (unpaired) electrons. The summed E-state index contributed by atoms with van der Waals surface area (Å²) in [7, 11) is 0. The molecule has 3 aliphatic rings. The lowest BCUT2D eigenvalue weighted by Crippen LogP contribution is -2.56. The summed E-state index contributed by atoms with van der Waals surface area (Å²) in [4.78, 5) is 4.95. The Kier molecular flexibility index (Phi) is 4.62. The van der Waals surface area contributed by atoms with E-state index in [1.807, 2.05) is 6.92 Å². The van der Waals surface area contributed by atoms with Gasteiger partial charge in [-0.3, -0.25) is 9.80 Å². The molecule has 0 aromatic carbocycles. The maximum Gasteiger partial charge on any atom is 0.0994 e. The van der Waals surface area contributed by atoms with E-state index in [0.29, 0.717) is 12.1 Å². The largest absolute Gasteiger partial charge is 0.390 e. The summed E-state index contributed by atoms with van der Waals surface area (Å²) >= 11 is 0. The van der Waals surface area contributed by atoms with E-state index in [4.69, 9.17) is 9.47 Å². The summed E-state index contributed by atoms with van der Waals surface area (Å²) in [6, 6.07) is 0.665. The van der Waals surface area contributed by atoms with E-state index in [2.05, 4.69) is 9.80 Å². The zero-order valence-electron chi connectivity index (χ0n) is 12.6. The molecule has 1 N–H and O–H groups in total. The first kappa shape index (κ1) is 14.7. The fraction of sp³-hybridized carbons (Fsp3) is 1.00. The van der Waals surface area contributed by atoms with Crippen LogP contribution in [-0.2, 0) is 9.47 Å². The molecule has 0 atom stereocenters. The first-order valence-electron chi connectivity index (χ1n) is 8.00. The molecule has 2 heterocycles. The molecular weight excluding hydrogens is 256 g/mol. The van der Waals surface area contributed by atoms with Crippen LogP contribution >= 0.6 is 0 Å². The van der Waals surface area contributed by atoms with Gasteiger partial charge in [-0.05, 0) is 32.6 Å². The Balaban J connectivity index is 1.32. The van der Waals surface area contributed by atoms with Gasteiger partial charge in [0.05, 0.1) is 37.7 Å². The summed E-state index contributed by atoms with van der Waals surface area (Å²) in [5.41, 5.74) is -0.462. The molecule has 0 spiro atoms. The minimum Gasteiger partial charge on any atom is -0.390 e. The smallest absolute Gasteiger partial charge is 0.0994 e. The molecule has 0 amide bonds. The van der Waals surface area contributed by atoms with Crippen LogP contribution in [0, 0.1) is 0 Å². The molecule has 116 valence electrons. The maximum atomic E-state index is 9.94. The van der Waals surface area contributed by atoms with E-state index in [1.165, 1.54) is 0 Å². The van der Waals surface area contributed by atoms with E-state index in [1.54, 1.807) is 0 Å². The van der Waals surface area contributed by atoms with Gasteiger partial charge in [0.25, 0.3) is 0 Å². The normalized spacial score (nSPS) is 37.8. The average molecular weight is 284 g/mol. The molecule has 2 saturated heterocycles. The highest BCUT2D eigenvalue weighted by molar-refractivity contribution is 4.83. The summed E-state index contributed by atoms with van der Waals surface area (Å²) < 4.78 is 11.3. The molecule has 0 unspecified atom stereocenters. The van der Waals surface area contributed by atoms with Crippen molar-refractivity contribution in [1.82, 2.24) is 9.80 Å². The van der Waals surface area contributed by atoms with Crippen molar-refractivity contribution in [3.63, 3.8) is 0 Å². The number of piperazine rings is 1. The lowest BCUT2D eigenvalue weighted by Gasteiger charge is -2.42. The van der Waals surface area contributed by atoms with Gasteiger partial charge < -0.3 is 14.6 Å². The number of nitrogens with zero attached hydrogens (tertiary/aromatic N) is 2. The maximum absolute atomic E-state index is 9.94. The fourth-order valence-corrected chi connectivity index (χ4v) is 3.28. The van der Waals surface area contributed by atoms with Crippen molar-refractivity contribution in [2.24, 2.45) is 0 Å². The van der Waals surface area contributed by atoms with Crippen LogP contribution in [0.1, 0.15) is 32.6 Å². The van der Waals surface area contributed by atoms with Crippen molar-refractivity contribution in [2.75, 3.05) is 46.1 Å². The van der Waals surface area contributed by atoms with Gasteiger partial charge in [0.2, 0.25) is 0 Å². The standard InChI is InChI=1S/C15H28N2O3/c1-15(18)4-2-14(3-5-15)20-12-16-6-8-17(9-7-16)13-10-19-11-13/h13-14,18H,2-12H2,1H3. The molecule has 3 rings (SSSR count). The van der Waals surface area contributed by atoms with Gasteiger partial charge in [-0.2, -0.15) is 0 Å². The average Bonchev–Trinajstić information content (AvgIpc) is 2.37. The molecule has 20 heavy (non-hydrogen) atoms. The van der Waals surface area contributed by atoms with Crippen molar-refractivity contribution in [2.45, 2.75) is 50.4 Å². The number of aliphatic hydroxyl groups is 1. The van der Waals surface area contributed by atoms with Crippen LogP contribution in [0.4, 0.5) is 0 Å². The monoisotopic (exact) mass is 284 g/mol. The summed E-state index contributed by atoms with van der Waals surface area (Å²) in [6.07, 6.45) is 4.06. The molecule has 5 nitrogen and oxygen atoms in total. The zero-order valence-corrected chi connectivity index (χ0v) is 12.6. The highest BCUT2D eigenvalue weighted by Crippen LogP contribution is 2.29. The Bertz CT molecular complexity index is 302. The zero-order chi connectivity index (χ0) is 14.0. The SMILES string of the molecule is CC1(O)CCC(OCN2CCN(C3COC3)CC2)CC1. The molecule has 2 aliphatic heterocycles. The molecular formula is C15H28N2O3. The van der Waals surface area contributed by atoms with Crippen molar-refractivity contribution < 1.29 is 14.6 Å². The minimum absolute atomic E-state index is 0.341. The number of rotatable bonds is 4. The lowest BCUT2D eigenvalue weighted by molar-refractivity contribution is -0.103. The van der Waals surface area contributed by atoms with Crippen molar-refractivity contribution in [3.05, 3.63) is 0 Å². The third kappa shape index (κ3) is 3.71. The Hall–Kier alpha value is -0.200. The topological polar surface area (TPSA) is 45.2 Å². The van der Waals surface area contributed by atoms with Crippen molar-refractivity contribution in [3.8, 4) is 0 Å². The van der Waals surface area contributed by atoms with Crippen LogP contribution in [0.15, 0.2) is 0 Å². The Morgan fingerprint density at radius 2 is 1.80 bits per heavy atom. The fourth-order valence-electron chi connectivity index (χ4n) is 3.28. The second kappa shape index (κ2) is 6.28. The van der Waals surface area contributed by atoms with Crippen LogP contribution < -0.4 is 0 Å². The van der Waals surface area contributed by atoms with Gasteiger partial charge in [-0.1, -0.05) is 0 Å². The van der Waals surface area contributed by atoms with Crippen LogP contribution in [0.2, 0.25) is 0 Å². The highest BCUT2D eigenvalue weighted by Gasteiger charge is 2.31. The molecule has 1 aliphatic carbocycles. The Labute approximate surface area is 121 Å². The van der Waals surface area contributed by atoms with Gasteiger partial charge in [-0.15, -0.1) is 0 Å². The van der Waals surface area contributed by atoms with Gasteiger partial charge >= 0.3 is 0 Å². The molecule has 0 aromatic heterocycles. The van der Waals surface area contributed by atoms with Gasteiger partial charge in [-0.25, -0.2) is 0 Å². The van der Waals surface area contributed by atoms with E-state index in [-0.39, 0.29) is 0 Å². The Morgan fingerprint density at radius 3 is 2.35 bits per heavy atom. The summed E-state index contributed by atoms with van der Waals surface area (Å²) in [5, 5.41) is 9.94. The first-order chi connectivity index (χ1) is 9.62. The van der Waals surface area contributed by atoms with Crippen LogP contribution in [0.25, 0.3) is 0 Å². The lowest BCUT2D eigenvalue weighted by atomic mass is 9.85. The predicted octanol–water partition coefficient (Wildman–Crippen LogP) is 0.671. The van der Waals surface area contributed by atoms with Crippen LogP contribution in [0.3, 0.4) is 0 Å².